The fourth-order valence-corrected chi connectivity index (χ4v) is 2.85. The van der Waals surface area contributed by atoms with E-state index in [-0.39, 0.29) is 18.0 Å². The molecule has 2 aromatic carbocycles. The highest BCUT2D eigenvalue weighted by Crippen LogP contribution is 2.34. The van der Waals surface area contributed by atoms with E-state index in [0.29, 0.717) is 11.6 Å². The SMILES string of the molecule is O=C(O)C[C@H](c1ccc(F)cc1F)N1Cc2ccccc2C1=O. The molecule has 4 nitrogen and oxygen atoms in total. The van der Waals surface area contributed by atoms with Gasteiger partial charge in [-0.15, -0.1) is 0 Å². The van der Waals surface area contributed by atoms with E-state index < -0.39 is 30.1 Å². The molecule has 1 aliphatic heterocycles. The van der Waals surface area contributed by atoms with E-state index >= 15 is 0 Å². The Hall–Kier alpha value is -2.76. The molecule has 0 aromatic heterocycles. The molecule has 6 heteroatoms. The van der Waals surface area contributed by atoms with Crippen LogP contribution >= 0.6 is 0 Å². The summed E-state index contributed by atoms with van der Waals surface area (Å²) in [5.41, 5.74) is 1.23. The lowest BCUT2D eigenvalue weighted by Gasteiger charge is -2.27. The molecular weight excluding hydrogens is 304 g/mol. The Balaban J connectivity index is 2.01. The predicted octanol–water partition coefficient (Wildman–Crippen LogP) is 3.14. The number of fused-ring (bicyclic) bond motifs is 1. The lowest BCUT2D eigenvalue weighted by atomic mass is 10.0. The Morgan fingerprint density at radius 1 is 1.22 bits per heavy atom. The minimum atomic E-state index is -1.16. The van der Waals surface area contributed by atoms with Crippen molar-refractivity contribution < 1.29 is 23.5 Å². The summed E-state index contributed by atoms with van der Waals surface area (Å²) < 4.78 is 27.2. The number of rotatable bonds is 4. The van der Waals surface area contributed by atoms with Gasteiger partial charge < -0.3 is 10.0 Å². The van der Waals surface area contributed by atoms with Gasteiger partial charge in [-0.3, -0.25) is 9.59 Å². The van der Waals surface area contributed by atoms with Crippen molar-refractivity contribution in [3.8, 4) is 0 Å². The maximum absolute atomic E-state index is 14.1. The van der Waals surface area contributed by atoms with Gasteiger partial charge in [0.05, 0.1) is 12.5 Å². The zero-order valence-electron chi connectivity index (χ0n) is 12.0. The highest BCUT2D eigenvalue weighted by molar-refractivity contribution is 5.98. The lowest BCUT2D eigenvalue weighted by Crippen LogP contribution is -2.31. The number of hydrogen-bond donors (Lipinski definition) is 1. The minimum absolute atomic E-state index is 0.00467. The third-order valence-electron chi connectivity index (χ3n) is 3.92. The number of carboxylic acid groups (broad SMARTS) is 1. The van der Waals surface area contributed by atoms with E-state index in [1.165, 1.54) is 11.0 Å². The molecule has 1 N–H and O–H groups in total. The number of benzene rings is 2. The van der Waals surface area contributed by atoms with E-state index in [2.05, 4.69) is 0 Å². The van der Waals surface area contributed by atoms with Crippen LogP contribution in [0.15, 0.2) is 42.5 Å². The summed E-state index contributed by atoms with van der Waals surface area (Å²) in [7, 11) is 0. The van der Waals surface area contributed by atoms with Crippen molar-refractivity contribution in [1.29, 1.82) is 0 Å². The van der Waals surface area contributed by atoms with Crippen LogP contribution in [0.25, 0.3) is 0 Å². The summed E-state index contributed by atoms with van der Waals surface area (Å²) in [4.78, 5) is 25.0. The molecule has 2 aromatic rings. The zero-order valence-corrected chi connectivity index (χ0v) is 12.0. The molecule has 0 radical (unpaired) electrons. The topological polar surface area (TPSA) is 57.6 Å². The van der Waals surface area contributed by atoms with E-state index in [1.807, 2.05) is 0 Å². The van der Waals surface area contributed by atoms with Gasteiger partial charge in [0.15, 0.2) is 0 Å². The fraction of sp³-hybridized carbons (Fsp3) is 0.176. The minimum Gasteiger partial charge on any atom is -0.481 e. The van der Waals surface area contributed by atoms with Crippen molar-refractivity contribution in [3.63, 3.8) is 0 Å². The number of halogens is 2. The van der Waals surface area contributed by atoms with Gasteiger partial charge in [-0.25, -0.2) is 8.78 Å². The van der Waals surface area contributed by atoms with Crippen LogP contribution in [-0.2, 0) is 11.3 Å². The second kappa shape index (κ2) is 5.79. The molecule has 0 spiro atoms. The van der Waals surface area contributed by atoms with Gasteiger partial charge in [0.25, 0.3) is 5.91 Å². The van der Waals surface area contributed by atoms with E-state index in [1.54, 1.807) is 24.3 Å². The molecule has 118 valence electrons. The van der Waals surface area contributed by atoms with Gasteiger partial charge in [-0.05, 0) is 17.7 Å². The van der Waals surface area contributed by atoms with Crippen LogP contribution in [0.1, 0.15) is 33.9 Å². The molecule has 1 atom stereocenters. The van der Waals surface area contributed by atoms with Crippen LogP contribution in [-0.4, -0.2) is 21.9 Å². The summed E-state index contributed by atoms with van der Waals surface area (Å²) in [5.74, 6) is -3.13. The molecule has 1 amide bonds. The van der Waals surface area contributed by atoms with Crippen LogP contribution in [0.2, 0.25) is 0 Å². The van der Waals surface area contributed by atoms with Gasteiger partial charge in [-0.1, -0.05) is 24.3 Å². The third kappa shape index (κ3) is 2.79. The normalized spacial score (nSPS) is 14.7. The van der Waals surface area contributed by atoms with E-state index in [4.69, 9.17) is 5.11 Å². The van der Waals surface area contributed by atoms with Crippen LogP contribution in [0.3, 0.4) is 0 Å². The van der Waals surface area contributed by atoms with Gasteiger partial charge in [-0.2, -0.15) is 0 Å². The van der Waals surface area contributed by atoms with Gasteiger partial charge >= 0.3 is 5.97 Å². The number of carboxylic acids is 1. The fourth-order valence-electron chi connectivity index (χ4n) is 2.85. The van der Waals surface area contributed by atoms with Crippen molar-refractivity contribution in [2.45, 2.75) is 19.0 Å². The molecular formula is C17H13F2NO3. The maximum atomic E-state index is 14.1. The van der Waals surface area contributed by atoms with Crippen molar-refractivity contribution in [2.24, 2.45) is 0 Å². The smallest absolute Gasteiger partial charge is 0.305 e. The number of carbonyl (C=O) groups excluding carboxylic acids is 1. The molecule has 0 bridgehead atoms. The van der Waals surface area contributed by atoms with Crippen LogP contribution in [0, 0.1) is 11.6 Å². The van der Waals surface area contributed by atoms with Crippen molar-refractivity contribution in [1.82, 2.24) is 4.90 Å². The van der Waals surface area contributed by atoms with E-state index in [0.717, 1.165) is 11.6 Å². The van der Waals surface area contributed by atoms with Crippen molar-refractivity contribution >= 4 is 11.9 Å². The average Bonchev–Trinajstić information content (AvgIpc) is 2.83. The molecule has 0 aliphatic carbocycles. The molecule has 1 heterocycles. The molecule has 0 saturated carbocycles. The maximum Gasteiger partial charge on any atom is 0.305 e. The van der Waals surface area contributed by atoms with Gasteiger partial charge in [0, 0.05) is 23.7 Å². The second-order valence-electron chi connectivity index (χ2n) is 5.37. The van der Waals surface area contributed by atoms with Crippen LogP contribution < -0.4 is 0 Å². The zero-order chi connectivity index (χ0) is 16.6. The molecule has 1 aliphatic rings. The van der Waals surface area contributed by atoms with Crippen LogP contribution in [0.4, 0.5) is 8.78 Å². The quantitative estimate of drug-likeness (QED) is 0.942. The summed E-state index contributed by atoms with van der Waals surface area (Å²) in [6.45, 7) is 0.198. The highest BCUT2D eigenvalue weighted by Gasteiger charge is 2.35. The van der Waals surface area contributed by atoms with E-state index in [9.17, 15) is 18.4 Å². The Labute approximate surface area is 131 Å². The number of aliphatic carboxylic acids is 1. The standard InChI is InChI=1S/C17H13F2NO3/c18-11-5-6-13(14(19)7-11)15(8-16(21)22)20-9-10-3-1-2-4-12(10)17(20)23/h1-7,15H,8-9H2,(H,21,22)/t15-/m1/s1. The average molecular weight is 317 g/mol. The largest absolute Gasteiger partial charge is 0.481 e. The van der Waals surface area contributed by atoms with Gasteiger partial charge in [0.2, 0.25) is 0 Å². The lowest BCUT2D eigenvalue weighted by molar-refractivity contribution is -0.138. The third-order valence-corrected chi connectivity index (χ3v) is 3.92. The molecule has 3 rings (SSSR count). The Bertz CT molecular complexity index is 791. The summed E-state index contributed by atoms with van der Waals surface area (Å²) in [5, 5.41) is 9.12. The first-order valence-electron chi connectivity index (χ1n) is 7.03. The number of carbonyl (C=O) groups is 2. The first-order valence-corrected chi connectivity index (χ1v) is 7.03. The first kappa shape index (κ1) is 15.1. The number of amides is 1. The number of hydrogen-bond acceptors (Lipinski definition) is 2. The first-order chi connectivity index (χ1) is 11.0. The van der Waals surface area contributed by atoms with Crippen molar-refractivity contribution in [3.05, 3.63) is 70.8 Å². The van der Waals surface area contributed by atoms with Gasteiger partial charge in [0.1, 0.15) is 11.6 Å². The second-order valence-corrected chi connectivity index (χ2v) is 5.37. The summed E-state index contributed by atoms with van der Waals surface area (Å²) >= 11 is 0. The Kier molecular flexibility index (Phi) is 3.82. The Morgan fingerprint density at radius 2 is 1.96 bits per heavy atom. The molecule has 0 unspecified atom stereocenters. The molecule has 23 heavy (non-hydrogen) atoms. The van der Waals surface area contributed by atoms with Crippen LogP contribution in [0.5, 0.6) is 0 Å². The highest BCUT2D eigenvalue weighted by atomic mass is 19.1. The summed E-state index contributed by atoms with van der Waals surface area (Å²) in [6, 6.07) is 8.86. The number of nitrogens with zero attached hydrogens (tertiary/aromatic N) is 1. The Morgan fingerprint density at radius 3 is 2.61 bits per heavy atom. The summed E-state index contributed by atoms with van der Waals surface area (Å²) in [6.07, 6.45) is -0.456. The molecule has 0 saturated heterocycles. The molecule has 0 fully saturated rings. The monoisotopic (exact) mass is 317 g/mol. The predicted molar refractivity (Wildman–Crippen MR) is 77.7 cm³/mol. The van der Waals surface area contributed by atoms with Crippen molar-refractivity contribution in [2.75, 3.05) is 0 Å².